The number of carbonyl (C=O) groups excluding carboxylic acids is 3. The second-order valence-electron chi connectivity index (χ2n) is 6.15. The van der Waals surface area contributed by atoms with E-state index in [1.165, 1.54) is 11.8 Å². The maximum absolute atomic E-state index is 12.2. The van der Waals surface area contributed by atoms with Crippen LogP contribution >= 0.6 is 11.8 Å². The lowest BCUT2D eigenvalue weighted by Crippen LogP contribution is -2.34. The van der Waals surface area contributed by atoms with E-state index in [-0.39, 0.29) is 6.42 Å². The molecule has 2 amide bonds. The molecule has 0 unspecified atom stereocenters. The Bertz CT molecular complexity index is 1080. The second-order valence-corrected chi connectivity index (χ2v) is 6.93. The van der Waals surface area contributed by atoms with Crippen molar-refractivity contribution >= 4 is 35.3 Å². The summed E-state index contributed by atoms with van der Waals surface area (Å²) in [5, 5.41) is 7.09. The molecule has 0 aliphatic heterocycles. The number of hydrogen-bond acceptors (Lipinski definition) is 8. The second kappa shape index (κ2) is 8.82. The van der Waals surface area contributed by atoms with Crippen LogP contribution in [-0.4, -0.2) is 50.2 Å². The number of benzene rings is 1. The minimum absolute atomic E-state index is 0.0744. The normalized spacial score (nSPS) is 10.7. The van der Waals surface area contributed by atoms with Crippen molar-refractivity contribution in [3.8, 4) is 0 Å². The largest absolute Gasteiger partial charge is 0.455 e. The number of carbonyl (C=O) groups is 3. The average Bonchev–Trinajstić information content (AvgIpc) is 3.13. The lowest BCUT2D eigenvalue weighted by molar-refractivity contribution is -0.147. The van der Waals surface area contributed by atoms with Crippen LogP contribution in [0.25, 0.3) is 5.78 Å². The van der Waals surface area contributed by atoms with Crippen molar-refractivity contribution in [1.82, 2.24) is 24.9 Å². The Kier molecular flexibility index (Phi) is 6.23. The van der Waals surface area contributed by atoms with Gasteiger partial charge in [0.15, 0.2) is 6.61 Å². The van der Waals surface area contributed by atoms with Crippen molar-refractivity contribution in [2.24, 2.45) is 0 Å². The zero-order valence-electron chi connectivity index (χ0n) is 16.1. The van der Waals surface area contributed by atoms with Gasteiger partial charge in [0.25, 0.3) is 17.6 Å². The predicted octanol–water partition coefficient (Wildman–Crippen LogP) is 1.51. The van der Waals surface area contributed by atoms with E-state index in [9.17, 15) is 14.4 Å². The van der Waals surface area contributed by atoms with Crippen LogP contribution in [0, 0.1) is 13.8 Å². The van der Waals surface area contributed by atoms with Gasteiger partial charge in [0.2, 0.25) is 5.16 Å². The molecule has 150 valence electrons. The molecule has 0 atom stereocenters. The van der Waals surface area contributed by atoms with Crippen molar-refractivity contribution in [2.75, 3.05) is 12.9 Å². The van der Waals surface area contributed by atoms with Crippen LogP contribution in [0.15, 0.2) is 35.5 Å². The van der Waals surface area contributed by atoms with Gasteiger partial charge in [-0.1, -0.05) is 30.0 Å². The highest BCUT2D eigenvalue weighted by molar-refractivity contribution is 7.98. The van der Waals surface area contributed by atoms with Crippen molar-refractivity contribution in [3.63, 3.8) is 0 Å². The summed E-state index contributed by atoms with van der Waals surface area (Å²) in [6.45, 7) is 3.04. The highest BCUT2D eigenvalue weighted by atomic mass is 32.2. The monoisotopic (exact) mass is 413 g/mol. The maximum Gasteiger partial charge on any atom is 0.310 e. The molecule has 0 saturated carbocycles. The van der Waals surface area contributed by atoms with E-state index in [1.54, 1.807) is 41.8 Å². The SMILES string of the molecule is CSc1nc2nc(C)c(CC(=O)OCC(=O)NC(=O)c3ccccc3)c(C)n2n1. The molecule has 3 rings (SSSR count). The fourth-order valence-electron chi connectivity index (χ4n) is 2.70. The number of aromatic nitrogens is 4. The number of imide groups is 1. The van der Waals surface area contributed by atoms with Crippen LogP contribution in [-0.2, 0) is 20.7 Å². The summed E-state index contributed by atoms with van der Waals surface area (Å²) >= 11 is 1.40. The van der Waals surface area contributed by atoms with Gasteiger partial charge in [-0.2, -0.15) is 4.98 Å². The van der Waals surface area contributed by atoms with Crippen molar-refractivity contribution in [1.29, 1.82) is 0 Å². The van der Waals surface area contributed by atoms with E-state index >= 15 is 0 Å². The topological polar surface area (TPSA) is 116 Å². The smallest absolute Gasteiger partial charge is 0.310 e. The van der Waals surface area contributed by atoms with Crippen LogP contribution in [0.2, 0.25) is 0 Å². The van der Waals surface area contributed by atoms with Crippen LogP contribution in [0.4, 0.5) is 0 Å². The molecule has 2 aromatic heterocycles. The Labute approximate surface area is 170 Å². The Morgan fingerprint density at radius 3 is 2.55 bits per heavy atom. The van der Waals surface area contributed by atoms with Gasteiger partial charge in [0.1, 0.15) is 0 Å². The van der Waals surface area contributed by atoms with Crippen molar-refractivity contribution in [3.05, 3.63) is 52.8 Å². The van der Waals surface area contributed by atoms with Gasteiger partial charge < -0.3 is 4.74 Å². The van der Waals surface area contributed by atoms with Crippen LogP contribution in [0.3, 0.4) is 0 Å². The molecule has 3 aromatic rings. The van der Waals surface area contributed by atoms with Crippen LogP contribution in [0.5, 0.6) is 0 Å². The number of fused-ring (bicyclic) bond motifs is 1. The number of esters is 1. The number of nitrogens with zero attached hydrogens (tertiary/aromatic N) is 4. The van der Waals surface area contributed by atoms with E-state index in [2.05, 4.69) is 20.4 Å². The molecule has 1 N–H and O–H groups in total. The van der Waals surface area contributed by atoms with Gasteiger partial charge in [0.05, 0.1) is 6.42 Å². The fraction of sp³-hybridized carbons (Fsp3) is 0.263. The molecular formula is C19H19N5O4S. The molecule has 29 heavy (non-hydrogen) atoms. The molecule has 0 bridgehead atoms. The quantitative estimate of drug-likeness (QED) is 0.478. The molecule has 0 radical (unpaired) electrons. The molecular weight excluding hydrogens is 394 g/mol. The van der Waals surface area contributed by atoms with Gasteiger partial charge >= 0.3 is 5.97 Å². The number of amides is 2. The maximum atomic E-state index is 12.2. The highest BCUT2D eigenvalue weighted by Crippen LogP contribution is 2.17. The van der Waals surface area contributed by atoms with E-state index in [0.717, 1.165) is 5.69 Å². The summed E-state index contributed by atoms with van der Waals surface area (Å²) in [5.41, 5.74) is 2.35. The summed E-state index contributed by atoms with van der Waals surface area (Å²) < 4.78 is 6.59. The molecule has 0 saturated heterocycles. The standard InChI is InChI=1S/C19H19N5O4S/c1-11-14(12(2)24-18(20-11)22-19(23-24)29-3)9-16(26)28-10-15(25)21-17(27)13-7-5-4-6-8-13/h4-8H,9-10H2,1-3H3,(H,21,25,27). The lowest BCUT2D eigenvalue weighted by Gasteiger charge is -2.10. The first-order valence-electron chi connectivity index (χ1n) is 8.70. The zero-order chi connectivity index (χ0) is 21.0. The minimum Gasteiger partial charge on any atom is -0.455 e. The number of hydrogen-bond donors (Lipinski definition) is 1. The number of ether oxygens (including phenoxy) is 1. The number of aryl methyl sites for hydroxylation is 2. The van der Waals surface area contributed by atoms with Gasteiger partial charge in [-0.05, 0) is 32.2 Å². The van der Waals surface area contributed by atoms with Crippen LogP contribution < -0.4 is 5.32 Å². The third-order valence-electron chi connectivity index (χ3n) is 4.19. The Balaban J connectivity index is 1.60. The Hall–Kier alpha value is -3.27. The van der Waals surface area contributed by atoms with E-state index in [0.29, 0.717) is 27.8 Å². The lowest BCUT2D eigenvalue weighted by atomic mass is 10.1. The number of rotatable bonds is 6. The van der Waals surface area contributed by atoms with Gasteiger partial charge in [0, 0.05) is 22.5 Å². The molecule has 0 spiro atoms. The first kappa shape index (κ1) is 20.5. The third-order valence-corrected chi connectivity index (χ3v) is 4.72. The number of nitrogens with one attached hydrogen (secondary N) is 1. The molecule has 9 nitrogen and oxygen atoms in total. The summed E-state index contributed by atoms with van der Waals surface area (Å²) in [6.07, 6.45) is 1.79. The summed E-state index contributed by atoms with van der Waals surface area (Å²) in [6, 6.07) is 8.29. The summed E-state index contributed by atoms with van der Waals surface area (Å²) in [5.74, 6) is -1.40. The molecule has 0 fully saturated rings. The fourth-order valence-corrected chi connectivity index (χ4v) is 3.03. The number of thioether (sulfide) groups is 1. The first-order chi connectivity index (χ1) is 13.9. The Morgan fingerprint density at radius 1 is 1.14 bits per heavy atom. The van der Waals surface area contributed by atoms with E-state index in [1.807, 2.05) is 13.2 Å². The van der Waals surface area contributed by atoms with Crippen molar-refractivity contribution < 1.29 is 19.1 Å². The zero-order valence-corrected chi connectivity index (χ0v) is 16.9. The van der Waals surface area contributed by atoms with E-state index < -0.39 is 24.4 Å². The molecule has 1 aromatic carbocycles. The first-order valence-corrected chi connectivity index (χ1v) is 9.93. The van der Waals surface area contributed by atoms with E-state index in [4.69, 9.17) is 4.74 Å². The summed E-state index contributed by atoms with van der Waals surface area (Å²) in [7, 11) is 0. The third kappa shape index (κ3) is 4.77. The average molecular weight is 413 g/mol. The Morgan fingerprint density at radius 2 is 1.86 bits per heavy atom. The van der Waals surface area contributed by atoms with Gasteiger partial charge in [-0.15, -0.1) is 5.10 Å². The molecule has 0 aliphatic carbocycles. The van der Waals surface area contributed by atoms with Crippen LogP contribution in [0.1, 0.15) is 27.3 Å². The van der Waals surface area contributed by atoms with Crippen molar-refractivity contribution in [2.45, 2.75) is 25.4 Å². The molecule has 10 heteroatoms. The van der Waals surface area contributed by atoms with Gasteiger partial charge in [-0.3, -0.25) is 19.7 Å². The van der Waals surface area contributed by atoms with Gasteiger partial charge in [-0.25, -0.2) is 9.50 Å². The summed E-state index contributed by atoms with van der Waals surface area (Å²) in [4.78, 5) is 44.7. The predicted molar refractivity (Wildman–Crippen MR) is 106 cm³/mol. The highest BCUT2D eigenvalue weighted by Gasteiger charge is 2.18. The minimum atomic E-state index is -0.699. The molecule has 2 heterocycles. The molecule has 0 aliphatic rings.